The van der Waals surface area contributed by atoms with Gasteiger partial charge in [0, 0.05) is 24.7 Å². The molecule has 1 aromatic rings. The summed E-state index contributed by atoms with van der Waals surface area (Å²) >= 11 is 0. The Morgan fingerprint density at radius 3 is 2.20 bits per heavy atom. The first-order valence-electron chi connectivity index (χ1n) is 22.5. The van der Waals surface area contributed by atoms with Gasteiger partial charge in [-0.25, -0.2) is 0 Å². The van der Waals surface area contributed by atoms with Crippen molar-refractivity contribution < 1.29 is 83.7 Å². The van der Waals surface area contributed by atoms with Crippen LogP contribution < -0.4 is 5.32 Å². The topological polar surface area (TPSA) is 288 Å². The van der Waals surface area contributed by atoms with Crippen molar-refractivity contribution in [3.8, 4) is 0 Å². The van der Waals surface area contributed by atoms with Crippen molar-refractivity contribution in [3.63, 3.8) is 0 Å². The lowest BCUT2D eigenvalue weighted by atomic mass is 9.40. The summed E-state index contributed by atoms with van der Waals surface area (Å²) in [6.45, 7) is 10.1. The van der Waals surface area contributed by atoms with Gasteiger partial charge in [-0.2, -0.15) is 0 Å². The second kappa shape index (κ2) is 18.3. The Bertz CT molecular complexity index is 1900. The highest BCUT2D eigenvalue weighted by Gasteiger charge is 2.74. The van der Waals surface area contributed by atoms with Gasteiger partial charge in [-0.1, -0.05) is 57.7 Å². The number of aliphatic hydroxyl groups excluding tert-OH is 5. The van der Waals surface area contributed by atoms with Crippen molar-refractivity contribution in [2.24, 2.45) is 34.0 Å². The molecule has 2 heterocycles. The van der Waals surface area contributed by atoms with Gasteiger partial charge in [-0.3, -0.25) is 19.2 Å². The fraction of sp³-hybridized carbons (Fsp3) is 0.739. The van der Waals surface area contributed by atoms with Gasteiger partial charge in [-0.05, 0) is 86.2 Å². The Balaban J connectivity index is 1.27. The molecule has 356 valence electrons. The predicted molar refractivity (Wildman–Crippen MR) is 222 cm³/mol. The van der Waals surface area contributed by atoms with E-state index in [1.807, 2.05) is 37.3 Å². The number of nitrogens with one attached hydrogen (secondary N) is 1. The maximum absolute atomic E-state index is 13.9. The number of ether oxygens (including phenoxy) is 5. The molecule has 2 saturated heterocycles. The van der Waals surface area contributed by atoms with Crippen molar-refractivity contribution >= 4 is 23.8 Å². The number of esters is 1. The third-order valence-corrected chi connectivity index (χ3v) is 15.6. The first-order valence-corrected chi connectivity index (χ1v) is 22.5. The van der Waals surface area contributed by atoms with Gasteiger partial charge in [0.05, 0.1) is 30.5 Å². The number of aliphatic carboxylic acids is 2. The van der Waals surface area contributed by atoms with Crippen LogP contribution in [0.2, 0.25) is 0 Å². The zero-order chi connectivity index (χ0) is 46.7. The lowest BCUT2D eigenvalue weighted by molar-refractivity contribution is -0.350. The van der Waals surface area contributed by atoms with E-state index in [2.05, 4.69) is 11.9 Å². The van der Waals surface area contributed by atoms with Crippen LogP contribution in [0.5, 0.6) is 0 Å². The second-order valence-electron chi connectivity index (χ2n) is 19.9. The van der Waals surface area contributed by atoms with E-state index in [0.29, 0.717) is 12.0 Å². The largest absolute Gasteiger partial charge is 0.480 e. The monoisotopic (exact) mass is 903 g/mol. The van der Waals surface area contributed by atoms with Gasteiger partial charge in [0.1, 0.15) is 36.6 Å². The number of benzene rings is 1. The molecule has 0 unspecified atom stereocenters. The average molecular weight is 904 g/mol. The van der Waals surface area contributed by atoms with Crippen molar-refractivity contribution in [1.29, 1.82) is 0 Å². The van der Waals surface area contributed by atoms with Crippen LogP contribution in [0.1, 0.15) is 91.0 Å². The number of rotatable bonds is 14. The fourth-order valence-electron chi connectivity index (χ4n) is 12.6. The molecular weight excluding hydrogens is 838 g/mol. The molecule has 18 nitrogen and oxygen atoms in total. The minimum absolute atomic E-state index is 0.0209. The van der Waals surface area contributed by atoms with Crippen LogP contribution in [0.3, 0.4) is 0 Å². The van der Waals surface area contributed by atoms with E-state index >= 15 is 0 Å². The van der Waals surface area contributed by atoms with Crippen LogP contribution in [0.4, 0.5) is 0 Å². The first kappa shape index (κ1) is 48.4. The Labute approximate surface area is 371 Å². The number of hydrogen-bond acceptors (Lipinski definition) is 15. The molecule has 4 saturated carbocycles. The highest BCUT2D eigenvalue weighted by Crippen LogP contribution is 2.73. The molecule has 2 aliphatic heterocycles. The highest BCUT2D eigenvalue weighted by molar-refractivity contribution is 5.99. The summed E-state index contributed by atoms with van der Waals surface area (Å²) in [6.07, 6.45) is -15.5. The lowest BCUT2D eigenvalue weighted by Crippen LogP contribution is -2.69. The van der Waals surface area contributed by atoms with E-state index < -0.39 is 144 Å². The van der Waals surface area contributed by atoms with Crippen LogP contribution in [0, 0.1) is 34.0 Å². The van der Waals surface area contributed by atoms with Gasteiger partial charge in [-0.15, -0.1) is 0 Å². The normalized spacial score (nSPS) is 42.6. The molecule has 1 amide bonds. The van der Waals surface area contributed by atoms with Crippen LogP contribution >= 0.6 is 0 Å². The molecule has 6 aliphatic rings. The van der Waals surface area contributed by atoms with Gasteiger partial charge < -0.3 is 69.9 Å². The average Bonchev–Trinajstić information content (AvgIpc) is 3.37. The molecule has 1 spiro atoms. The quantitative estimate of drug-likeness (QED) is 0.0549. The number of hydrogen-bond donors (Lipinski definition) is 9. The summed E-state index contributed by atoms with van der Waals surface area (Å²) in [5.41, 5.74) is -4.62. The molecule has 1 aromatic carbocycles. The van der Waals surface area contributed by atoms with E-state index in [4.69, 9.17) is 23.7 Å². The van der Waals surface area contributed by atoms with E-state index in [1.165, 1.54) is 6.92 Å². The molecule has 18 heteroatoms. The number of amides is 1. The minimum atomic E-state index is -2.39. The molecule has 7 rings (SSSR count). The number of aryl methyl sites for hydroxylation is 1. The van der Waals surface area contributed by atoms with Crippen LogP contribution in [-0.2, 0) is 49.3 Å². The number of carboxylic acids is 2. The van der Waals surface area contributed by atoms with Crippen molar-refractivity contribution in [2.75, 3.05) is 6.61 Å². The Morgan fingerprint density at radius 1 is 0.891 bits per heavy atom. The maximum atomic E-state index is 13.9. The number of fused-ring (bicyclic) bond motifs is 3. The summed E-state index contributed by atoms with van der Waals surface area (Å²) in [5, 5.41) is 91.0. The molecule has 64 heavy (non-hydrogen) atoms. The Morgan fingerprint density at radius 2 is 1.56 bits per heavy atom. The molecule has 17 atom stereocenters. The molecule has 6 fully saturated rings. The Kier molecular flexibility index (Phi) is 13.8. The molecular formula is C46H65NO17. The summed E-state index contributed by atoms with van der Waals surface area (Å²) in [6, 6.07) is 7.63. The number of carbonyl (C=O) groups excluding carboxylic acids is 2. The van der Waals surface area contributed by atoms with E-state index in [-0.39, 0.29) is 57.3 Å². The highest BCUT2D eigenvalue weighted by atomic mass is 16.7. The molecule has 0 radical (unpaired) electrons. The van der Waals surface area contributed by atoms with E-state index in [0.717, 1.165) is 5.56 Å². The number of carbonyl (C=O) groups is 4. The maximum Gasteiger partial charge on any atom is 0.321 e. The summed E-state index contributed by atoms with van der Waals surface area (Å²) < 4.78 is 31.2. The lowest BCUT2D eigenvalue weighted by Gasteiger charge is -2.64. The summed E-state index contributed by atoms with van der Waals surface area (Å²) in [5.74, 6) is -6.00. The van der Waals surface area contributed by atoms with Crippen molar-refractivity contribution in [1.82, 2.24) is 5.32 Å². The van der Waals surface area contributed by atoms with Crippen molar-refractivity contribution in [2.45, 2.75) is 171 Å². The number of carboxylic acid groups (broad SMARTS) is 2. The van der Waals surface area contributed by atoms with E-state index in [9.17, 15) is 60.0 Å². The number of aliphatic hydroxyl groups is 6. The van der Waals surface area contributed by atoms with Crippen LogP contribution in [-0.4, -0.2) is 150 Å². The van der Waals surface area contributed by atoms with Gasteiger partial charge in [0.2, 0.25) is 5.91 Å². The third kappa shape index (κ3) is 8.41. The smallest absolute Gasteiger partial charge is 0.321 e. The first-order chi connectivity index (χ1) is 30.1. The zero-order valence-corrected chi connectivity index (χ0v) is 36.8. The van der Waals surface area contributed by atoms with Crippen molar-refractivity contribution in [3.05, 3.63) is 48.0 Å². The minimum Gasteiger partial charge on any atom is -0.480 e. The van der Waals surface area contributed by atoms with Crippen LogP contribution in [0.15, 0.2) is 42.5 Å². The molecule has 0 aromatic heterocycles. The fourth-order valence-corrected chi connectivity index (χ4v) is 12.6. The summed E-state index contributed by atoms with van der Waals surface area (Å²) in [7, 11) is 0. The van der Waals surface area contributed by atoms with E-state index in [1.54, 1.807) is 13.8 Å². The molecule has 9 N–H and O–H groups in total. The van der Waals surface area contributed by atoms with Crippen LogP contribution in [0.25, 0.3) is 0 Å². The molecule has 2 bridgehead atoms. The Hall–Kier alpha value is -3.56. The zero-order valence-electron chi connectivity index (χ0n) is 36.8. The molecule has 4 aliphatic carbocycles. The second-order valence-corrected chi connectivity index (χ2v) is 19.9. The van der Waals surface area contributed by atoms with Gasteiger partial charge >= 0.3 is 17.9 Å². The summed E-state index contributed by atoms with van der Waals surface area (Å²) in [4.78, 5) is 54.7. The standard InChI is InChI=1S/C46H65NO17/c1-22(2)17-30(49)47-32-37(63-31(50)12-11-25-9-7-6-8-10-25)36(64-40-35(53)34(52)33(51)24(4)60-40)27(20-48)62-39(32)61-26-18-43(5)28-14-16-45(59)21-44(28,38(54)23(45)3)15-13-29(43)46(19-26,41(55)56)42(57)58/h6-10,22,24,26-29,32-40,48,51-54,59H,3,11-21H2,1-2,4-5H3,(H,47,49)(H,55,56)(H,57,58)/t24-,26+,27+,28-,29+,32-,33-,34-,35-,36-,37-,38+,39-,40-,43+,44-,45+/m0/s1. The third-order valence-electron chi connectivity index (χ3n) is 15.6. The van der Waals surface area contributed by atoms with Gasteiger partial charge in [0.15, 0.2) is 24.1 Å². The predicted octanol–water partition coefficient (Wildman–Crippen LogP) is 1.19. The van der Waals surface area contributed by atoms with Gasteiger partial charge in [0.25, 0.3) is 0 Å². The SMILES string of the molecule is C=C1[C@@H](O)[C@]23CC[C@H]4C(C(=O)O)(C(=O)O)C[C@H](O[C@H]5O[C@H](CO)[C@H](O[C@@H]6O[C@@H](C)[C@H](O)[C@H](O)[C@@H]6O)[C@@H](OC(=O)CCc6ccccc6)[C@@H]5NC(=O)CC(C)C)C[C@]4(C)[C@@H]2CC[C@@]1(O)C3.